The molecule has 0 aliphatic rings. The smallest absolute Gasteiger partial charge is 0.184 e. The van der Waals surface area contributed by atoms with Gasteiger partial charge in [-0.2, -0.15) is 5.26 Å². The summed E-state index contributed by atoms with van der Waals surface area (Å²) >= 11 is 1.38. The predicted molar refractivity (Wildman–Crippen MR) is 74.7 cm³/mol. The molecule has 0 fully saturated rings. The monoisotopic (exact) mass is 257 g/mol. The molecule has 92 valence electrons. The minimum atomic E-state index is 0.559. The predicted octanol–water partition coefficient (Wildman–Crippen LogP) is 3.75. The minimum absolute atomic E-state index is 0.559. The van der Waals surface area contributed by atoms with Crippen LogP contribution in [0.25, 0.3) is 0 Å². The standard InChI is InChI=1S/C14H15N3S/c1-10(2)12-5-3-11(4-6-12)8-16-14-17-9-13(7-15)18-14/h3-6,9-10H,8H2,1-2H3,(H,16,17). The summed E-state index contributed by atoms with van der Waals surface area (Å²) in [6.07, 6.45) is 1.59. The minimum Gasteiger partial charge on any atom is -0.357 e. The van der Waals surface area contributed by atoms with Crippen molar-refractivity contribution in [3.05, 3.63) is 46.5 Å². The average Bonchev–Trinajstić information content (AvgIpc) is 2.85. The van der Waals surface area contributed by atoms with E-state index in [0.717, 1.165) is 11.7 Å². The Bertz CT molecular complexity index is 549. The first-order valence-corrected chi connectivity index (χ1v) is 6.69. The highest BCUT2D eigenvalue weighted by Gasteiger charge is 2.02. The fourth-order valence-corrected chi connectivity index (χ4v) is 2.21. The molecular weight excluding hydrogens is 242 g/mol. The third-order valence-corrected chi connectivity index (χ3v) is 3.57. The molecule has 0 aliphatic carbocycles. The molecule has 0 aliphatic heterocycles. The lowest BCUT2D eigenvalue weighted by Crippen LogP contribution is -1.99. The number of nitrogens with one attached hydrogen (secondary N) is 1. The van der Waals surface area contributed by atoms with Gasteiger partial charge in [-0.05, 0) is 17.0 Å². The van der Waals surface area contributed by atoms with Crippen LogP contribution in [0.2, 0.25) is 0 Å². The van der Waals surface area contributed by atoms with E-state index in [1.807, 2.05) is 0 Å². The number of hydrogen-bond acceptors (Lipinski definition) is 4. The SMILES string of the molecule is CC(C)c1ccc(CNc2ncc(C#N)s2)cc1. The summed E-state index contributed by atoms with van der Waals surface area (Å²) in [6.45, 7) is 5.11. The van der Waals surface area contributed by atoms with Crippen LogP contribution in [0.15, 0.2) is 30.5 Å². The lowest BCUT2D eigenvalue weighted by Gasteiger charge is -2.07. The molecular formula is C14H15N3S. The van der Waals surface area contributed by atoms with E-state index >= 15 is 0 Å². The second-order valence-electron chi connectivity index (χ2n) is 4.39. The van der Waals surface area contributed by atoms with Crippen molar-refractivity contribution in [2.75, 3.05) is 5.32 Å². The van der Waals surface area contributed by atoms with E-state index in [0.29, 0.717) is 10.8 Å². The number of anilines is 1. The fraction of sp³-hybridized carbons (Fsp3) is 0.286. The average molecular weight is 257 g/mol. The van der Waals surface area contributed by atoms with Gasteiger partial charge in [0.05, 0.1) is 6.20 Å². The number of benzene rings is 1. The lowest BCUT2D eigenvalue weighted by atomic mass is 10.0. The molecule has 0 atom stereocenters. The van der Waals surface area contributed by atoms with Crippen molar-refractivity contribution in [1.82, 2.24) is 4.98 Å². The molecule has 1 aromatic heterocycles. The van der Waals surface area contributed by atoms with E-state index < -0.39 is 0 Å². The molecule has 0 spiro atoms. The van der Waals surface area contributed by atoms with Crippen LogP contribution in [0, 0.1) is 11.3 Å². The van der Waals surface area contributed by atoms with Crippen LogP contribution in [0.4, 0.5) is 5.13 Å². The van der Waals surface area contributed by atoms with Crippen molar-refractivity contribution in [1.29, 1.82) is 5.26 Å². The van der Waals surface area contributed by atoms with Crippen molar-refractivity contribution in [3.63, 3.8) is 0 Å². The molecule has 0 radical (unpaired) electrons. The molecule has 3 nitrogen and oxygen atoms in total. The first-order chi connectivity index (χ1) is 8.69. The summed E-state index contributed by atoms with van der Waals surface area (Å²) < 4.78 is 0. The van der Waals surface area contributed by atoms with E-state index in [9.17, 15) is 0 Å². The van der Waals surface area contributed by atoms with Gasteiger partial charge in [-0.15, -0.1) is 0 Å². The van der Waals surface area contributed by atoms with Crippen LogP contribution in [0.5, 0.6) is 0 Å². The Labute approximate surface area is 111 Å². The molecule has 1 aromatic carbocycles. The summed E-state index contributed by atoms with van der Waals surface area (Å²) in [7, 11) is 0. The van der Waals surface area contributed by atoms with Gasteiger partial charge in [0.2, 0.25) is 0 Å². The Morgan fingerprint density at radius 2 is 2.06 bits per heavy atom. The van der Waals surface area contributed by atoms with E-state index in [4.69, 9.17) is 5.26 Å². The topological polar surface area (TPSA) is 48.7 Å². The Morgan fingerprint density at radius 1 is 1.33 bits per heavy atom. The number of hydrogen-bond donors (Lipinski definition) is 1. The van der Waals surface area contributed by atoms with Gasteiger partial charge in [0, 0.05) is 6.54 Å². The van der Waals surface area contributed by atoms with E-state index in [2.05, 4.69) is 54.5 Å². The van der Waals surface area contributed by atoms with Crippen molar-refractivity contribution in [2.24, 2.45) is 0 Å². The molecule has 1 N–H and O–H groups in total. The van der Waals surface area contributed by atoms with Gasteiger partial charge in [0.1, 0.15) is 10.9 Å². The fourth-order valence-electron chi connectivity index (χ4n) is 1.61. The molecule has 0 saturated heterocycles. The molecule has 0 bridgehead atoms. The molecule has 0 saturated carbocycles. The lowest BCUT2D eigenvalue weighted by molar-refractivity contribution is 0.865. The van der Waals surface area contributed by atoms with Gasteiger partial charge >= 0.3 is 0 Å². The molecule has 4 heteroatoms. The summed E-state index contributed by atoms with van der Waals surface area (Å²) in [5.74, 6) is 0.559. The Balaban J connectivity index is 1.96. The number of aromatic nitrogens is 1. The van der Waals surface area contributed by atoms with Gasteiger partial charge in [-0.1, -0.05) is 49.4 Å². The van der Waals surface area contributed by atoms with Crippen molar-refractivity contribution in [3.8, 4) is 6.07 Å². The summed E-state index contributed by atoms with van der Waals surface area (Å²) in [5.41, 5.74) is 2.56. The summed E-state index contributed by atoms with van der Waals surface area (Å²) in [4.78, 5) is 4.76. The maximum Gasteiger partial charge on any atom is 0.184 e. The second-order valence-corrected chi connectivity index (χ2v) is 5.42. The van der Waals surface area contributed by atoms with Gasteiger partial charge in [-0.25, -0.2) is 4.98 Å². The molecule has 0 unspecified atom stereocenters. The molecule has 2 rings (SSSR count). The second kappa shape index (κ2) is 5.65. The molecule has 18 heavy (non-hydrogen) atoms. The highest BCUT2D eigenvalue weighted by atomic mass is 32.1. The van der Waals surface area contributed by atoms with Crippen LogP contribution < -0.4 is 5.32 Å². The van der Waals surface area contributed by atoms with Crippen LogP contribution >= 0.6 is 11.3 Å². The van der Waals surface area contributed by atoms with Gasteiger partial charge in [-0.3, -0.25) is 0 Å². The van der Waals surface area contributed by atoms with Crippen molar-refractivity contribution in [2.45, 2.75) is 26.3 Å². The van der Waals surface area contributed by atoms with Crippen LogP contribution in [-0.2, 0) is 6.54 Å². The zero-order chi connectivity index (χ0) is 13.0. The molecule has 0 amide bonds. The number of thiazole rings is 1. The maximum absolute atomic E-state index is 8.71. The van der Waals surface area contributed by atoms with Crippen LogP contribution in [0.3, 0.4) is 0 Å². The third kappa shape index (κ3) is 3.08. The summed E-state index contributed by atoms with van der Waals surface area (Å²) in [6, 6.07) is 10.6. The quantitative estimate of drug-likeness (QED) is 0.907. The number of rotatable bonds is 4. The zero-order valence-electron chi connectivity index (χ0n) is 10.5. The van der Waals surface area contributed by atoms with E-state index in [1.165, 1.54) is 22.5 Å². The van der Waals surface area contributed by atoms with Crippen molar-refractivity contribution < 1.29 is 0 Å². The van der Waals surface area contributed by atoms with E-state index in [1.54, 1.807) is 6.20 Å². The largest absolute Gasteiger partial charge is 0.357 e. The van der Waals surface area contributed by atoms with Gasteiger partial charge in [0.25, 0.3) is 0 Å². The van der Waals surface area contributed by atoms with Crippen LogP contribution in [0.1, 0.15) is 35.8 Å². The maximum atomic E-state index is 8.71. The zero-order valence-corrected chi connectivity index (χ0v) is 11.3. The van der Waals surface area contributed by atoms with E-state index in [-0.39, 0.29) is 0 Å². The third-order valence-electron chi connectivity index (χ3n) is 2.71. The molecule has 2 aromatic rings. The van der Waals surface area contributed by atoms with Crippen LogP contribution in [-0.4, -0.2) is 4.98 Å². The number of nitriles is 1. The highest BCUT2D eigenvalue weighted by Crippen LogP contribution is 2.19. The Hall–Kier alpha value is -1.86. The molecule has 1 heterocycles. The first-order valence-electron chi connectivity index (χ1n) is 5.87. The summed E-state index contributed by atoms with van der Waals surface area (Å²) in [5, 5.41) is 12.7. The Kier molecular flexibility index (Phi) is 3.96. The highest BCUT2D eigenvalue weighted by molar-refractivity contribution is 7.16. The number of nitrogens with zero attached hydrogens (tertiary/aromatic N) is 2. The van der Waals surface area contributed by atoms with Gasteiger partial charge < -0.3 is 5.32 Å². The van der Waals surface area contributed by atoms with Crippen molar-refractivity contribution >= 4 is 16.5 Å². The van der Waals surface area contributed by atoms with Gasteiger partial charge in [0.15, 0.2) is 5.13 Å². The Morgan fingerprint density at radius 3 is 2.61 bits per heavy atom. The normalized spacial score (nSPS) is 10.3. The first kappa shape index (κ1) is 12.6.